The molecule has 2 fully saturated rings. The maximum atomic E-state index is 13.3. The molecule has 2 aromatic carbocycles. The Bertz CT molecular complexity index is 1790. The Morgan fingerprint density at radius 3 is 2.38 bits per heavy atom. The molecule has 2 aliphatic heterocycles. The van der Waals surface area contributed by atoms with Gasteiger partial charge in [0.15, 0.2) is 0 Å². The Morgan fingerprint density at radius 1 is 0.979 bits per heavy atom. The van der Waals surface area contributed by atoms with Gasteiger partial charge in [0.1, 0.15) is 18.7 Å². The van der Waals surface area contributed by atoms with Gasteiger partial charge in [0.05, 0.1) is 29.2 Å². The van der Waals surface area contributed by atoms with Gasteiger partial charge in [-0.1, -0.05) is 12.5 Å². The number of ether oxygens (including phenoxy) is 1. The Kier molecular flexibility index (Phi) is 9.97. The zero-order valence-electron chi connectivity index (χ0n) is 28.3. The molecule has 0 radical (unpaired) electrons. The Balaban J connectivity index is 1.31. The van der Waals surface area contributed by atoms with E-state index in [1.165, 1.54) is 32.4 Å². The molecule has 0 amide bonds. The summed E-state index contributed by atoms with van der Waals surface area (Å²) in [5.41, 5.74) is 6.91. The number of halogens is 1. The minimum atomic E-state index is -2.58. The van der Waals surface area contributed by atoms with Crippen LogP contribution in [0.5, 0.6) is 5.75 Å². The van der Waals surface area contributed by atoms with Crippen LogP contribution in [0.15, 0.2) is 47.3 Å². The summed E-state index contributed by atoms with van der Waals surface area (Å²) in [6.07, 6.45) is 12.0. The second-order valence-electron chi connectivity index (χ2n) is 13.2. The van der Waals surface area contributed by atoms with Crippen molar-refractivity contribution >= 4 is 57.2 Å². The van der Waals surface area contributed by atoms with Crippen molar-refractivity contribution in [3.63, 3.8) is 0 Å². The molecule has 0 spiro atoms. The summed E-state index contributed by atoms with van der Waals surface area (Å²) in [5, 5.41) is 12.2. The van der Waals surface area contributed by atoms with E-state index in [4.69, 9.17) is 9.72 Å². The van der Waals surface area contributed by atoms with Crippen molar-refractivity contribution in [2.75, 3.05) is 62.2 Å². The second-order valence-corrected chi connectivity index (χ2v) is 17.2. The van der Waals surface area contributed by atoms with Gasteiger partial charge in [-0.15, -0.1) is 0 Å². The van der Waals surface area contributed by atoms with Gasteiger partial charge in [-0.2, -0.15) is 10.1 Å². The normalized spacial score (nSPS) is 16.4. The number of aryl methyl sites for hydroxylation is 2. The van der Waals surface area contributed by atoms with Crippen LogP contribution in [-0.2, 0) is 11.6 Å². The van der Waals surface area contributed by atoms with Crippen molar-refractivity contribution in [2.45, 2.75) is 52.0 Å². The zero-order valence-corrected chi connectivity index (χ0v) is 30.8. The molecule has 2 N–H and O–H groups in total. The number of aromatic nitrogens is 4. The monoisotopic (exact) mass is 720 g/mol. The van der Waals surface area contributed by atoms with E-state index in [2.05, 4.69) is 64.8 Å². The number of rotatable bonds is 9. The van der Waals surface area contributed by atoms with Crippen LogP contribution in [0.2, 0.25) is 0 Å². The molecule has 0 bridgehead atoms. The Labute approximate surface area is 286 Å². The van der Waals surface area contributed by atoms with Crippen molar-refractivity contribution < 1.29 is 9.30 Å². The molecule has 0 saturated carbocycles. The van der Waals surface area contributed by atoms with Gasteiger partial charge in [-0.25, -0.2) is 4.98 Å². The zero-order chi connectivity index (χ0) is 33.3. The fourth-order valence-electron chi connectivity index (χ4n) is 7.00. The van der Waals surface area contributed by atoms with Gasteiger partial charge in [-0.05, 0) is 105 Å². The third-order valence-corrected chi connectivity index (χ3v) is 11.8. The largest absolute Gasteiger partial charge is 0.494 e. The maximum Gasteiger partial charge on any atom is 0.229 e. The molecule has 0 unspecified atom stereocenters. The van der Waals surface area contributed by atoms with Gasteiger partial charge >= 0.3 is 0 Å². The molecule has 250 valence electrons. The third-order valence-electron chi connectivity index (χ3n) is 9.53. The molecule has 47 heavy (non-hydrogen) atoms. The first-order chi connectivity index (χ1) is 22.5. The highest BCUT2D eigenvalue weighted by Gasteiger charge is 2.28. The fourth-order valence-corrected chi connectivity index (χ4v) is 8.99. The molecule has 6 rings (SSSR count). The quantitative estimate of drug-likeness (QED) is 0.171. The van der Waals surface area contributed by atoms with E-state index in [1.54, 1.807) is 26.6 Å². The van der Waals surface area contributed by atoms with E-state index in [0.29, 0.717) is 28.0 Å². The number of methoxy groups -OCH3 is 1. The number of likely N-dealkylation sites (tertiary alicyclic amines) is 1. The van der Waals surface area contributed by atoms with Crippen molar-refractivity contribution in [3.05, 3.63) is 58.5 Å². The summed E-state index contributed by atoms with van der Waals surface area (Å²) in [6.45, 7) is 12.1. The van der Waals surface area contributed by atoms with Gasteiger partial charge in [0.25, 0.3) is 0 Å². The van der Waals surface area contributed by atoms with Crippen molar-refractivity contribution in [3.8, 4) is 16.9 Å². The molecular weight excluding hydrogens is 675 g/mol. The molecule has 0 atom stereocenters. The first-order valence-electron chi connectivity index (χ1n) is 16.4. The van der Waals surface area contributed by atoms with Crippen molar-refractivity contribution in [2.24, 2.45) is 7.05 Å². The molecule has 2 aliphatic rings. The number of hydrogen-bond acceptors (Lipinski definition) is 9. The summed E-state index contributed by atoms with van der Waals surface area (Å²) in [6, 6.07) is 8.91. The molecule has 4 aromatic rings. The van der Waals surface area contributed by atoms with Gasteiger partial charge < -0.3 is 29.7 Å². The SMILES string of the molecule is COc1cc(N2CCC(N3CCCCC3)CC2)c(-c2cnn(C)c2)cc1Nc1ncc(Br)c(Nc2ccc(C)c(C)c2P(C)(C)=O)n1. The predicted molar refractivity (Wildman–Crippen MR) is 197 cm³/mol. The number of hydrogen-bond donors (Lipinski definition) is 2. The Hall–Kier alpha value is -3.40. The molecular formula is C35H46BrN8O2P. The number of anilines is 5. The lowest BCUT2D eigenvalue weighted by molar-refractivity contribution is 0.141. The average molecular weight is 722 g/mol. The van der Waals surface area contributed by atoms with Crippen LogP contribution < -0.4 is 25.6 Å². The van der Waals surface area contributed by atoms with E-state index in [9.17, 15) is 4.57 Å². The highest BCUT2D eigenvalue weighted by molar-refractivity contribution is 9.10. The number of piperidine rings is 2. The summed E-state index contributed by atoms with van der Waals surface area (Å²) in [5.74, 6) is 1.68. The summed E-state index contributed by atoms with van der Waals surface area (Å²) < 4.78 is 21.8. The van der Waals surface area contributed by atoms with Crippen LogP contribution >= 0.6 is 23.1 Å². The minimum absolute atomic E-state index is 0.405. The lowest BCUT2D eigenvalue weighted by atomic mass is 9.97. The average Bonchev–Trinajstić information content (AvgIpc) is 3.50. The number of nitrogens with one attached hydrogen (secondary N) is 2. The standard InChI is InChI=1S/C35H46BrN8O2P/c1-23-10-11-29(33(24(23)2)47(5,6)45)39-34-28(36)21-37-35(41-34)40-30-18-27(25-20-38-42(3)22-25)31(19-32(30)46-4)44-16-12-26(13-17-44)43-14-8-7-9-15-43/h10-11,18-22,26H,7-9,12-17H2,1-6H3,(H2,37,39,40,41). The van der Waals surface area contributed by atoms with Gasteiger partial charge in [0, 0.05) is 66.8 Å². The molecule has 10 nitrogen and oxygen atoms in total. The maximum absolute atomic E-state index is 13.3. The van der Waals surface area contributed by atoms with Crippen LogP contribution in [-0.4, -0.2) is 77.3 Å². The highest BCUT2D eigenvalue weighted by atomic mass is 79.9. The van der Waals surface area contributed by atoms with Gasteiger partial charge in [0.2, 0.25) is 5.95 Å². The lowest BCUT2D eigenvalue weighted by Gasteiger charge is -2.41. The molecule has 2 aromatic heterocycles. The third kappa shape index (κ3) is 7.37. The molecule has 2 saturated heterocycles. The van der Waals surface area contributed by atoms with Crippen LogP contribution in [0.3, 0.4) is 0 Å². The predicted octanol–water partition coefficient (Wildman–Crippen LogP) is 7.45. The fraction of sp³-hybridized carbons (Fsp3) is 0.457. The van der Waals surface area contributed by atoms with Crippen molar-refractivity contribution in [1.82, 2.24) is 24.6 Å². The number of nitrogens with zero attached hydrogens (tertiary/aromatic N) is 6. The summed E-state index contributed by atoms with van der Waals surface area (Å²) >= 11 is 3.61. The molecule has 0 aliphatic carbocycles. The smallest absolute Gasteiger partial charge is 0.229 e. The van der Waals surface area contributed by atoms with Crippen LogP contribution in [0.25, 0.3) is 11.1 Å². The van der Waals surface area contributed by atoms with Crippen molar-refractivity contribution in [1.29, 1.82) is 0 Å². The van der Waals surface area contributed by atoms with Crippen LogP contribution in [0.1, 0.15) is 43.2 Å². The van der Waals surface area contributed by atoms with E-state index in [0.717, 1.165) is 70.6 Å². The minimum Gasteiger partial charge on any atom is -0.494 e. The molecule has 4 heterocycles. The first-order valence-corrected chi connectivity index (χ1v) is 19.8. The van der Waals surface area contributed by atoms with E-state index in [1.807, 2.05) is 43.9 Å². The Morgan fingerprint density at radius 2 is 1.72 bits per heavy atom. The van der Waals surface area contributed by atoms with E-state index < -0.39 is 7.14 Å². The van der Waals surface area contributed by atoms with Crippen LogP contribution in [0.4, 0.5) is 28.8 Å². The van der Waals surface area contributed by atoms with E-state index in [-0.39, 0.29) is 0 Å². The summed E-state index contributed by atoms with van der Waals surface area (Å²) in [4.78, 5) is 14.6. The lowest BCUT2D eigenvalue weighted by Crippen LogP contribution is -2.46. The highest BCUT2D eigenvalue weighted by Crippen LogP contribution is 2.43. The number of benzene rings is 2. The molecule has 12 heteroatoms. The topological polar surface area (TPSA) is 100 Å². The second kappa shape index (κ2) is 14.0. The first kappa shape index (κ1) is 33.5. The van der Waals surface area contributed by atoms with E-state index >= 15 is 0 Å². The van der Waals surface area contributed by atoms with Gasteiger partial charge in [-0.3, -0.25) is 4.68 Å². The van der Waals surface area contributed by atoms with Crippen LogP contribution in [0, 0.1) is 13.8 Å². The summed E-state index contributed by atoms with van der Waals surface area (Å²) in [7, 11) is 1.06.